The molecule has 2 saturated heterocycles. The van der Waals surface area contributed by atoms with Crippen LogP contribution in [0.5, 0.6) is 0 Å². The number of aromatic nitrogens is 1. The minimum atomic E-state index is 0.238. The van der Waals surface area contributed by atoms with Crippen molar-refractivity contribution in [3.05, 3.63) is 30.1 Å². The molecule has 126 valence electrons. The van der Waals surface area contributed by atoms with Gasteiger partial charge in [-0.05, 0) is 43.9 Å². The summed E-state index contributed by atoms with van der Waals surface area (Å²) >= 11 is 0. The zero-order chi connectivity index (χ0) is 16.3. The first-order chi connectivity index (χ1) is 11.1. The molecule has 0 N–H and O–H groups in total. The van der Waals surface area contributed by atoms with E-state index in [0.717, 1.165) is 25.2 Å². The van der Waals surface area contributed by atoms with E-state index in [-0.39, 0.29) is 5.91 Å². The summed E-state index contributed by atoms with van der Waals surface area (Å²) in [6, 6.07) is 5.78. The fraction of sp³-hybridized carbons (Fsp3) is 0.684. The van der Waals surface area contributed by atoms with Crippen molar-refractivity contribution in [3.8, 4) is 0 Å². The van der Waals surface area contributed by atoms with Crippen LogP contribution in [0, 0.1) is 11.3 Å². The van der Waals surface area contributed by atoms with Gasteiger partial charge in [0, 0.05) is 43.5 Å². The Morgan fingerprint density at radius 1 is 1.26 bits per heavy atom. The molecule has 3 heterocycles. The molecule has 23 heavy (non-hydrogen) atoms. The van der Waals surface area contributed by atoms with Gasteiger partial charge in [-0.1, -0.05) is 19.9 Å². The molecule has 4 nitrogen and oxygen atoms in total. The van der Waals surface area contributed by atoms with Crippen LogP contribution in [0.4, 0.5) is 0 Å². The third-order valence-corrected chi connectivity index (χ3v) is 5.21. The van der Waals surface area contributed by atoms with Crippen molar-refractivity contribution in [2.75, 3.05) is 32.7 Å². The largest absolute Gasteiger partial charge is 0.342 e. The van der Waals surface area contributed by atoms with Crippen molar-refractivity contribution >= 4 is 5.91 Å². The second-order valence-corrected chi connectivity index (χ2v) is 7.80. The topological polar surface area (TPSA) is 36.4 Å². The molecule has 1 aromatic heterocycles. The Labute approximate surface area is 139 Å². The Bertz CT molecular complexity index is 531. The number of carbonyl (C=O) groups is 1. The Hall–Kier alpha value is -1.42. The first kappa shape index (κ1) is 16.4. The maximum Gasteiger partial charge on any atom is 0.228 e. The van der Waals surface area contributed by atoms with Crippen LogP contribution >= 0.6 is 0 Å². The predicted molar refractivity (Wildman–Crippen MR) is 92.1 cm³/mol. The van der Waals surface area contributed by atoms with E-state index in [4.69, 9.17) is 0 Å². The molecule has 2 fully saturated rings. The van der Waals surface area contributed by atoms with Crippen LogP contribution in [0.3, 0.4) is 0 Å². The summed E-state index contributed by atoms with van der Waals surface area (Å²) in [4.78, 5) is 21.5. The number of rotatable bonds is 4. The molecule has 0 bridgehead atoms. The number of amides is 1. The Balaban J connectivity index is 1.58. The quantitative estimate of drug-likeness (QED) is 0.857. The van der Waals surface area contributed by atoms with Crippen molar-refractivity contribution in [3.63, 3.8) is 0 Å². The van der Waals surface area contributed by atoms with Crippen LogP contribution in [0.1, 0.15) is 38.8 Å². The molecule has 1 atom stereocenters. The number of likely N-dealkylation sites (tertiary alicyclic amines) is 2. The SMILES string of the molecule is CC(C)CN1CCC[C@]2(CCN(C(=O)Cc3ccccn3)C2)C1. The van der Waals surface area contributed by atoms with Gasteiger partial charge in [-0.3, -0.25) is 9.78 Å². The molecule has 1 amide bonds. The third kappa shape index (κ3) is 4.11. The van der Waals surface area contributed by atoms with Gasteiger partial charge in [-0.25, -0.2) is 0 Å². The highest BCUT2D eigenvalue weighted by Crippen LogP contribution is 2.39. The van der Waals surface area contributed by atoms with Crippen molar-refractivity contribution in [1.29, 1.82) is 0 Å². The van der Waals surface area contributed by atoms with Crippen LogP contribution < -0.4 is 0 Å². The van der Waals surface area contributed by atoms with Crippen molar-refractivity contribution < 1.29 is 4.79 Å². The minimum absolute atomic E-state index is 0.238. The smallest absolute Gasteiger partial charge is 0.228 e. The van der Waals surface area contributed by atoms with E-state index in [1.54, 1.807) is 6.20 Å². The molecule has 3 rings (SSSR count). The average Bonchev–Trinajstić information content (AvgIpc) is 2.91. The lowest BCUT2D eigenvalue weighted by atomic mass is 9.79. The van der Waals surface area contributed by atoms with E-state index < -0.39 is 0 Å². The van der Waals surface area contributed by atoms with Crippen molar-refractivity contribution in [2.45, 2.75) is 39.5 Å². The lowest BCUT2D eigenvalue weighted by molar-refractivity contribution is -0.130. The van der Waals surface area contributed by atoms with E-state index in [1.807, 2.05) is 18.2 Å². The summed E-state index contributed by atoms with van der Waals surface area (Å²) in [5.41, 5.74) is 1.22. The Morgan fingerprint density at radius 3 is 2.87 bits per heavy atom. The third-order valence-electron chi connectivity index (χ3n) is 5.21. The molecule has 0 radical (unpaired) electrons. The second-order valence-electron chi connectivity index (χ2n) is 7.80. The fourth-order valence-corrected chi connectivity index (χ4v) is 4.23. The summed E-state index contributed by atoms with van der Waals surface area (Å²) in [5.74, 6) is 0.954. The molecule has 0 saturated carbocycles. The maximum atomic E-state index is 12.6. The molecule has 1 aromatic rings. The Morgan fingerprint density at radius 2 is 2.13 bits per heavy atom. The summed E-state index contributed by atoms with van der Waals surface area (Å²) in [6.07, 6.45) is 5.91. The van der Waals surface area contributed by atoms with Gasteiger partial charge in [0.1, 0.15) is 0 Å². The maximum absolute atomic E-state index is 12.6. The van der Waals surface area contributed by atoms with Gasteiger partial charge in [-0.2, -0.15) is 0 Å². The number of hydrogen-bond acceptors (Lipinski definition) is 3. The van der Waals surface area contributed by atoms with Crippen LogP contribution in [0.2, 0.25) is 0 Å². The van der Waals surface area contributed by atoms with E-state index >= 15 is 0 Å². The van der Waals surface area contributed by atoms with Gasteiger partial charge in [0.15, 0.2) is 0 Å². The van der Waals surface area contributed by atoms with Gasteiger partial charge in [0.25, 0.3) is 0 Å². The van der Waals surface area contributed by atoms with Crippen LogP contribution in [0.25, 0.3) is 0 Å². The van der Waals surface area contributed by atoms with Crippen molar-refractivity contribution in [2.24, 2.45) is 11.3 Å². The van der Waals surface area contributed by atoms with Crippen LogP contribution in [-0.4, -0.2) is 53.4 Å². The number of carbonyl (C=O) groups excluding carboxylic acids is 1. The van der Waals surface area contributed by atoms with E-state index in [1.165, 1.54) is 32.5 Å². The monoisotopic (exact) mass is 315 g/mol. The first-order valence-corrected chi connectivity index (χ1v) is 8.96. The molecule has 0 aromatic carbocycles. The normalized spacial score (nSPS) is 25.4. The molecular weight excluding hydrogens is 286 g/mol. The lowest BCUT2D eigenvalue weighted by Crippen LogP contribution is -2.46. The molecule has 2 aliphatic heterocycles. The molecular formula is C19H29N3O. The minimum Gasteiger partial charge on any atom is -0.342 e. The van der Waals surface area contributed by atoms with E-state index in [0.29, 0.717) is 17.8 Å². The summed E-state index contributed by atoms with van der Waals surface area (Å²) in [5, 5.41) is 0. The van der Waals surface area contributed by atoms with Gasteiger partial charge >= 0.3 is 0 Å². The van der Waals surface area contributed by atoms with Gasteiger partial charge < -0.3 is 9.80 Å². The average molecular weight is 315 g/mol. The van der Waals surface area contributed by atoms with Gasteiger partial charge in [0.2, 0.25) is 5.91 Å². The number of hydrogen-bond donors (Lipinski definition) is 0. The highest BCUT2D eigenvalue weighted by Gasteiger charge is 2.42. The number of pyridine rings is 1. The molecule has 0 unspecified atom stereocenters. The molecule has 2 aliphatic rings. The number of nitrogens with zero attached hydrogens (tertiary/aromatic N) is 3. The second kappa shape index (κ2) is 7.00. The van der Waals surface area contributed by atoms with E-state index in [2.05, 4.69) is 28.6 Å². The lowest BCUT2D eigenvalue weighted by Gasteiger charge is -2.41. The summed E-state index contributed by atoms with van der Waals surface area (Å²) < 4.78 is 0. The highest BCUT2D eigenvalue weighted by molar-refractivity contribution is 5.78. The molecule has 1 spiro atoms. The molecule has 4 heteroatoms. The van der Waals surface area contributed by atoms with Crippen LogP contribution in [-0.2, 0) is 11.2 Å². The zero-order valence-corrected chi connectivity index (χ0v) is 14.5. The van der Waals surface area contributed by atoms with Crippen molar-refractivity contribution in [1.82, 2.24) is 14.8 Å². The predicted octanol–water partition coefficient (Wildman–Crippen LogP) is 2.59. The first-order valence-electron chi connectivity index (χ1n) is 8.96. The molecule has 0 aliphatic carbocycles. The number of piperidine rings is 1. The summed E-state index contributed by atoms with van der Waals surface area (Å²) in [6.45, 7) is 10.0. The fourth-order valence-electron chi connectivity index (χ4n) is 4.23. The van der Waals surface area contributed by atoms with Gasteiger partial charge in [-0.15, -0.1) is 0 Å². The Kier molecular flexibility index (Phi) is 5.00. The van der Waals surface area contributed by atoms with Gasteiger partial charge in [0.05, 0.1) is 6.42 Å². The standard InChI is InChI=1S/C19H29N3O/c1-16(2)13-21-10-5-7-19(14-21)8-11-22(15-19)18(23)12-17-6-3-4-9-20-17/h3-4,6,9,16H,5,7-8,10-15H2,1-2H3/t19-/m0/s1. The zero-order valence-electron chi connectivity index (χ0n) is 14.5. The summed E-state index contributed by atoms with van der Waals surface area (Å²) in [7, 11) is 0. The highest BCUT2D eigenvalue weighted by atomic mass is 16.2. The van der Waals surface area contributed by atoms with Crippen LogP contribution in [0.15, 0.2) is 24.4 Å². The van der Waals surface area contributed by atoms with E-state index in [9.17, 15) is 4.79 Å².